The van der Waals surface area contributed by atoms with Gasteiger partial charge in [-0.3, -0.25) is 13.6 Å². The highest BCUT2D eigenvalue weighted by Crippen LogP contribution is 2.62. The molecule has 35 atom stereocenters. The van der Waals surface area contributed by atoms with Gasteiger partial charge in [0.15, 0.2) is 31.5 Å². The van der Waals surface area contributed by atoms with E-state index < -0.39 is 291 Å². The molecule has 0 bridgehead atoms. The van der Waals surface area contributed by atoms with Crippen LogP contribution in [0.4, 0.5) is 0 Å². The van der Waals surface area contributed by atoms with E-state index in [1.807, 2.05) is 0 Å². The van der Waals surface area contributed by atoms with Crippen molar-refractivity contribution in [1.82, 2.24) is 0 Å². The molecule has 6 aliphatic rings. The lowest BCUT2D eigenvalue weighted by molar-refractivity contribution is -0.398. The molecule has 6 fully saturated rings. The van der Waals surface area contributed by atoms with E-state index in [-0.39, 0.29) is 0 Å². The number of carboxylic acids is 1. The average molecular weight is 1420 g/mol. The van der Waals surface area contributed by atoms with Crippen molar-refractivity contribution >= 4 is 29.4 Å². The lowest BCUT2D eigenvalue weighted by Gasteiger charge is -2.51. The molecule has 92 heavy (non-hydrogen) atoms. The minimum Gasteiger partial charge on any atom is -0.477 e. The number of rotatable bonds is 30. The summed E-state index contributed by atoms with van der Waals surface area (Å²) in [4.78, 5) is 54.1. The van der Waals surface area contributed by atoms with Crippen LogP contribution in [0, 0.1) is 0 Å². The maximum atomic E-state index is 13.8. The van der Waals surface area contributed by atoms with Crippen molar-refractivity contribution in [2.45, 2.75) is 208 Å². The molecule has 540 valence electrons. The van der Waals surface area contributed by atoms with E-state index in [0.29, 0.717) is 0 Å². The maximum Gasteiger partial charge on any atom is 0.481 e. The number of ether oxygens (including phenoxy) is 11. The molecule has 6 aliphatic heterocycles. The largest absolute Gasteiger partial charge is 0.481 e. The fraction of sp³-hybridized carbons (Fsp3) is 0.977. The molecule has 46 nitrogen and oxygen atoms in total. The Labute approximate surface area is 516 Å². The Hall–Kier alpha value is -1.48. The fourth-order valence-electron chi connectivity index (χ4n) is 10.4. The zero-order valence-corrected chi connectivity index (χ0v) is 49.8. The van der Waals surface area contributed by atoms with Gasteiger partial charge in [0.1, 0.15) is 159 Å². The SMILES string of the molecule is NCCOP(=O)(O)OP(=O)(O)O[C@H]1[C@H](O[C@H]2O[C@H]([C@@H](O)CO[C@H]3O[C@H]([C@@H](O)CO)[C@@H](O)[C@H](O)[C@@H]3O)[C@@H](OP(=O)(O)O)[C@H](O[C@H]3O[C@H](CO)[C@@H](O)[C@H](O[C@H]4O[C@H](CO)[C@H](O)[C@H](O)[C@H]4O)[C@H]3O)[C@@H]2O)[C@H](O)[C@@H](O[C@H]2[C@@H]([C@H](O)CO)O[C@@](O)(C(=O)O)C[C@H]2O)O[C@@H]1[C@@H](O)CO. The third kappa shape index (κ3) is 18.7. The van der Waals surface area contributed by atoms with E-state index in [1.54, 1.807) is 0 Å². The summed E-state index contributed by atoms with van der Waals surface area (Å²) in [6.45, 7) is -9.33. The highest BCUT2D eigenvalue weighted by atomic mass is 31.3. The zero-order chi connectivity index (χ0) is 69.0. The number of hydrogen-bond donors (Lipinski definition) is 27. The van der Waals surface area contributed by atoms with Gasteiger partial charge in [-0.2, -0.15) is 4.31 Å². The van der Waals surface area contributed by atoms with Crippen molar-refractivity contribution in [3.63, 3.8) is 0 Å². The number of hydrogen-bond acceptors (Lipinski definition) is 41. The number of carbonyl (C=O) groups is 1. The molecule has 0 saturated carbocycles. The molecular weight excluding hydrogens is 1340 g/mol. The zero-order valence-electron chi connectivity index (χ0n) is 47.1. The number of aliphatic carboxylic acids is 1. The van der Waals surface area contributed by atoms with Gasteiger partial charge in [0.25, 0.3) is 5.79 Å². The summed E-state index contributed by atoms with van der Waals surface area (Å²) in [5, 5.41) is 237. The molecule has 2 unspecified atom stereocenters. The van der Waals surface area contributed by atoms with Crippen LogP contribution in [0.1, 0.15) is 6.42 Å². The van der Waals surface area contributed by atoms with Crippen molar-refractivity contribution < 1.29 is 220 Å². The van der Waals surface area contributed by atoms with Gasteiger partial charge in [-0.1, -0.05) is 0 Å². The van der Waals surface area contributed by atoms with Gasteiger partial charge < -0.3 is 190 Å². The summed E-state index contributed by atoms with van der Waals surface area (Å²) in [6.07, 6.45) is -80.4. The van der Waals surface area contributed by atoms with E-state index in [9.17, 15) is 150 Å². The van der Waals surface area contributed by atoms with Crippen LogP contribution in [-0.2, 0) is 88.5 Å². The van der Waals surface area contributed by atoms with Crippen LogP contribution >= 0.6 is 23.5 Å². The second-order valence-electron chi connectivity index (χ2n) is 21.5. The van der Waals surface area contributed by atoms with E-state index >= 15 is 0 Å². The molecule has 0 aromatic carbocycles. The Balaban J connectivity index is 1.49. The average Bonchev–Trinajstić information content (AvgIpc) is 0.765. The van der Waals surface area contributed by atoms with Crippen LogP contribution in [0.3, 0.4) is 0 Å². The van der Waals surface area contributed by atoms with Crippen LogP contribution in [0.15, 0.2) is 0 Å². The number of aliphatic hydroxyl groups is 21. The fourth-order valence-corrected chi connectivity index (χ4v) is 13.2. The topological polar surface area (TPSA) is 759 Å². The van der Waals surface area contributed by atoms with Gasteiger partial charge in [0.05, 0.1) is 52.4 Å². The first-order valence-corrected chi connectivity index (χ1v) is 31.9. The predicted molar refractivity (Wildman–Crippen MR) is 274 cm³/mol. The maximum absolute atomic E-state index is 13.8. The number of carboxylic acid groups (broad SMARTS) is 1. The molecule has 6 rings (SSSR count). The Morgan fingerprint density at radius 2 is 0.913 bits per heavy atom. The summed E-state index contributed by atoms with van der Waals surface area (Å²) >= 11 is 0. The smallest absolute Gasteiger partial charge is 0.477 e. The molecule has 28 N–H and O–H groups in total. The van der Waals surface area contributed by atoms with E-state index in [1.165, 1.54) is 0 Å². The Kier molecular flexibility index (Phi) is 28.6. The summed E-state index contributed by atoms with van der Waals surface area (Å²) in [7, 11) is -18.4. The van der Waals surface area contributed by atoms with E-state index in [4.69, 9.17) is 66.9 Å². The first kappa shape index (κ1) is 79.5. The minimum atomic E-state index is -6.40. The number of phosphoric acid groups is 3. The highest BCUT2D eigenvalue weighted by molar-refractivity contribution is 7.61. The second kappa shape index (κ2) is 33.1. The summed E-state index contributed by atoms with van der Waals surface area (Å²) in [5.74, 6) is -5.56. The summed E-state index contributed by atoms with van der Waals surface area (Å²) in [5.41, 5.74) is 5.27. The normalized spacial score (nSPS) is 45.1. The van der Waals surface area contributed by atoms with Crippen LogP contribution in [-0.4, -0.2) is 393 Å². The third-order valence-electron chi connectivity index (χ3n) is 15.0. The monoisotopic (exact) mass is 1420 g/mol. The van der Waals surface area contributed by atoms with Gasteiger partial charge in [0.2, 0.25) is 0 Å². The van der Waals surface area contributed by atoms with Gasteiger partial charge in [-0.05, 0) is 0 Å². The number of nitrogens with two attached hydrogens (primary N) is 1. The molecule has 0 aromatic heterocycles. The van der Waals surface area contributed by atoms with Gasteiger partial charge >= 0.3 is 29.4 Å². The first-order valence-electron chi connectivity index (χ1n) is 27.4. The molecule has 49 heteroatoms. The third-order valence-corrected chi connectivity index (χ3v) is 18.2. The molecular formula is C43H78NO45P3. The Bertz CT molecular complexity index is 2460. The Morgan fingerprint density at radius 3 is 1.42 bits per heavy atom. The van der Waals surface area contributed by atoms with Crippen molar-refractivity contribution in [1.29, 1.82) is 0 Å². The lowest BCUT2D eigenvalue weighted by Crippen LogP contribution is -2.70. The minimum absolute atomic E-state index is 0.539. The van der Waals surface area contributed by atoms with Crippen LogP contribution in [0.2, 0.25) is 0 Å². The van der Waals surface area contributed by atoms with Crippen LogP contribution in [0.5, 0.6) is 0 Å². The quantitative estimate of drug-likeness (QED) is 0.0297. The van der Waals surface area contributed by atoms with Gasteiger partial charge in [-0.15, -0.1) is 0 Å². The van der Waals surface area contributed by atoms with Gasteiger partial charge in [0, 0.05) is 13.0 Å². The molecule has 0 radical (unpaired) electrons. The molecule has 0 aromatic rings. The molecule has 0 aliphatic carbocycles. The Morgan fingerprint density at radius 1 is 0.489 bits per heavy atom. The summed E-state index contributed by atoms with van der Waals surface area (Å²) < 4.78 is 119. The second-order valence-corrected chi connectivity index (χ2v) is 25.7. The standard InChI is InChI=1S/C43H78NO45P3/c44-1-2-76-91(71,72)89-92(73,74)88-36-29(12(52)5-46)81-40(80-28-10(50)3-43(67,42(65)66)86-31(28)13(53)6-47)26(64)34(36)85-41-25(63)33(84-39-24(62)32(18(56)16(8-49)78-39)83-38-23(61)19(57)17(55)15(7-48)77-38)35(87-90(68,69)70)30(82-41)14(54)9-75-37-22(60)20(58)21(59)27(79-37)11(51)4-45/h10-41,45-64,67H,1-9,44H2,(H,65,66)(H,71,72)(H,73,74)(H2,68,69,70)/t10-,11+,12+,13-,14+,15-,16-,17+,18-,19+,20+,21+,22+,23-,24-,25+,26+,27-,28-,29-,30-,31-,32+,33-,34-,35-,36-,37+,38-,39-,40+,41-,43-/m1/s1. The molecule has 0 spiro atoms. The summed E-state index contributed by atoms with van der Waals surface area (Å²) in [6, 6.07) is 0. The van der Waals surface area contributed by atoms with Crippen molar-refractivity contribution in [3.05, 3.63) is 0 Å². The predicted octanol–water partition coefficient (Wildman–Crippen LogP) is -15.8. The van der Waals surface area contributed by atoms with Crippen molar-refractivity contribution in [2.24, 2.45) is 5.73 Å². The molecule has 6 saturated heterocycles. The van der Waals surface area contributed by atoms with Gasteiger partial charge in [-0.25, -0.2) is 18.5 Å². The van der Waals surface area contributed by atoms with Crippen LogP contribution < -0.4 is 5.73 Å². The lowest BCUT2D eigenvalue weighted by atomic mass is 9.91. The van der Waals surface area contributed by atoms with E-state index in [0.717, 1.165) is 0 Å². The van der Waals surface area contributed by atoms with Crippen molar-refractivity contribution in [2.75, 3.05) is 52.8 Å². The van der Waals surface area contributed by atoms with Crippen molar-refractivity contribution in [3.8, 4) is 0 Å². The highest BCUT2D eigenvalue weighted by Gasteiger charge is 2.62. The van der Waals surface area contributed by atoms with Crippen LogP contribution in [0.25, 0.3) is 0 Å². The number of aliphatic hydroxyl groups excluding tert-OH is 20. The molecule has 0 amide bonds. The number of phosphoric ester groups is 3. The first-order chi connectivity index (χ1) is 42.8. The molecule has 6 heterocycles. The van der Waals surface area contributed by atoms with E-state index in [2.05, 4.69) is 8.83 Å².